The van der Waals surface area contributed by atoms with E-state index in [1.165, 1.54) is 0 Å². The summed E-state index contributed by atoms with van der Waals surface area (Å²) in [7, 11) is 2.01. The largest absolute Gasteiger partial charge is 0.388 e. The van der Waals surface area contributed by atoms with Gasteiger partial charge in [0.2, 0.25) is 0 Å². The molecule has 1 fully saturated rings. The van der Waals surface area contributed by atoms with Gasteiger partial charge in [0.05, 0.1) is 23.5 Å². The lowest BCUT2D eigenvalue weighted by molar-refractivity contribution is 0.0922. The highest BCUT2D eigenvalue weighted by Gasteiger charge is 2.22. The molecule has 1 aromatic heterocycles. The van der Waals surface area contributed by atoms with E-state index < -0.39 is 0 Å². The third-order valence-electron chi connectivity index (χ3n) is 5.09. The number of nitrogens with one attached hydrogen (secondary N) is 1. The van der Waals surface area contributed by atoms with Crippen LogP contribution in [0.1, 0.15) is 24.5 Å². The molecule has 4 heteroatoms. The molecule has 0 bridgehead atoms. The number of aliphatic hydroxyl groups is 1. The van der Waals surface area contributed by atoms with Crippen molar-refractivity contribution in [3.8, 4) is 11.1 Å². The molecule has 2 heterocycles. The van der Waals surface area contributed by atoms with E-state index in [4.69, 9.17) is 0 Å². The number of benzene rings is 2. The van der Waals surface area contributed by atoms with Crippen molar-refractivity contribution in [2.75, 3.05) is 13.1 Å². The molecule has 24 heavy (non-hydrogen) atoms. The van der Waals surface area contributed by atoms with Crippen LogP contribution in [0.5, 0.6) is 0 Å². The number of aryl methyl sites for hydroxylation is 1. The molecule has 1 aliphatic heterocycles. The molecule has 2 N–H and O–H groups in total. The van der Waals surface area contributed by atoms with Crippen LogP contribution in [0.15, 0.2) is 48.8 Å². The van der Waals surface area contributed by atoms with E-state index in [2.05, 4.69) is 52.8 Å². The summed E-state index contributed by atoms with van der Waals surface area (Å²) in [5.41, 5.74) is 5.45. The van der Waals surface area contributed by atoms with Crippen LogP contribution in [0.25, 0.3) is 22.2 Å². The highest BCUT2D eigenvalue weighted by atomic mass is 16.3. The van der Waals surface area contributed by atoms with Gasteiger partial charge in [0.1, 0.15) is 0 Å². The lowest BCUT2D eigenvalue weighted by Gasteiger charge is -2.27. The van der Waals surface area contributed by atoms with Gasteiger partial charge < -0.3 is 15.0 Å². The fourth-order valence-corrected chi connectivity index (χ4v) is 3.61. The van der Waals surface area contributed by atoms with Crippen LogP contribution in [0.4, 0.5) is 0 Å². The Kier molecular flexibility index (Phi) is 4.08. The van der Waals surface area contributed by atoms with Crippen LogP contribution < -0.4 is 5.32 Å². The van der Waals surface area contributed by atoms with E-state index in [-0.39, 0.29) is 6.10 Å². The normalized spacial score (nSPS) is 19.5. The number of aliphatic hydroxyl groups excluding tert-OH is 1. The first-order chi connectivity index (χ1) is 11.7. The van der Waals surface area contributed by atoms with Crippen LogP contribution in [0.3, 0.4) is 0 Å². The van der Waals surface area contributed by atoms with Gasteiger partial charge >= 0.3 is 0 Å². The van der Waals surface area contributed by atoms with Crippen molar-refractivity contribution in [3.63, 3.8) is 0 Å². The molecule has 4 rings (SSSR count). The summed E-state index contributed by atoms with van der Waals surface area (Å²) in [6, 6.07) is 14.6. The fourth-order valence-electron chi connectivity index (χ4n) is 3.61. The average molecular weight is 321 g/mol. The maximum atomic E-state index is 10.6. The number of nitrogens with zero attached hydrogens (tertiary/aromatic N) is 2. The zero-order valence-corrected chi connectivity index (χ0v) is 13.9. The number of rotatable bonds is 3. The van der Waals surface area contributed by atoms with Crippen molar-refractivity contribution in [1.29, 1.82) is 0 Å². The molecule has 1 saturated heterocycles. The van der Waals surface area contributed by atoms with Gasteiger partial charge in [0, 0.05) is 19.5 Å². The Morgan fingerprint density at radius 1 is 1.17 bits per heavy atom. The summed E-state index contributed by atoms with van der Waals surface area (Å²) in [5, 5.41) is 14.0. The first kappa shape index (κ1) is 15.4. The van der Waals surface area contributed by atoms with Crippen LogP contribution in [-0.4, -0.2) is 27.7 Å². The van der Waals surface area contributed by atoms with Gasteiger partial charge in [-0.05, 0) is 48.2 Å². The third-order valence-corrected chi connectivity index (χ3v) is 5.09. The van der Waals surface area contributed by atoms with Gasteiger partial charge in [-0.3, -0.25) is 0 Å². The van der Waals surface area contributed by atoms with Gasteiger partial charge in [0.15, 0.2) is 0 Å². The van der Waals surface area contributed by atoms with E-state index in [0.717, 1.165) is 53.7 Å². The zero-order chi connectivity index (χ0) is 16.5. The van der Waals surface area contributed by atoms with E-state index in [1.54, 1.807) is 0 Å². The topological polar surface area (TPSA) is 50.1 Å². The monoisotopic (exact) mass is 321 g/mol. The van der Waals surface area contributed by atoms with Crippen LogP contribution in [0.2, 0.25) is 0 Å². The quantitative estimate of drug-likeness (QED) is 0.778. The van der Waals surface area contributed by atoms with E-state index in [1.807, 2.05) is 17.9 Å². The molecule has 2 atom stereocenters. The summed E-state index contributed by atoms with van der Waals surface area (Å²) in [4.78, 5) is 4.43. The van der Waals surface area contributed by atoms with Crippen molar-refractivity contribution >= 4 is 11.0 Å². The number of hydrogen-bond acceptors (Lipinski definition) is 3. The first-order valence-electron chi connectivity index (χ1n) is 8.62. The van der Waals surface area contributed by atoms with Crippen LogP contribution >= 0.6 is 0 Å². The Labute approximate surface area is 142 Å². The van der Waals surface area contributed by atoms with Crippen molar-refractivity contribution in [2.45, 2.75) is 18.9 Å². The molecule has 1 aliphatic rings. The van der Waals surface area contributed by atoms with E-state index in [0.29, 0.717) is 5.92 Å². The molecular formula is C20H23N3O. The first-order valence-corrected chi connectivity index (χ1v) is 8.62. The van der Waals surface area contributed by atoms with Gasteiger partial charge in [-0.2, -0.15) is 0 Å². The van der Waals surface area contributed by atoms with Crippen molar-refractivity contribution in [2.24, 2.45) is 13.0 Å². The second-order valence-corrected chi connectivity index (χ2v) is 6.73. The Morgan fingerprint density at radius 3 is 2.71 bits per heavy atom. The number of aromatic nitrogens is 2. The highest BCUT2D eigenvalue weighted by Crippen LogP contribution is 2.29. The predicted molar refractivity (Wildman–Crippen MR) is 96.7 cm³/mol. The third kappa shape index (κ3) is 2.83. The molecule has 2 unspecified atom stereocenters. The average Bonchev–Trinajstić information content (AvgIpc) is 3.02. The smallest absolute Gasteiger partial charge is 0.0955 e. The number of piperidine rings is 1. The molecule has 0 radical (unpaired) electrons. The van der Waals surface area contributed by atoms with Gasteiger partial charge in [-0.25, -0.2) is 4.98 Å². The lowest BCUT2D eigenvalue weighted by Crippen LogP contribution is -2.33. The molecule has 124 valence electrons. The molecule has 2 aromatic carbocycles. The zero-order valence-electron chi connectivity index (χ0n) is 13.9. The minimum Gasteiger partial charge on any atom is -0.388 e. The van der Waals surface area contributed by atoms with Crippen LogP contribution in [0, 0.1) is 5.92 Å². The Morgan fingerprint density at radius 2 is 1.96 bits per heavy atom. The fraction of sp³-hybridized carbons (Fsp3) is 0.350. The Bertz CT molecular complexity index is 832. The molecule has 3 aromatic rings. The van der Waals surface area contributed by atoms with Gasteiger partial charge in [0.25, 0.3) is 0 Å². The van der Waals surface area contributed by atoms with Gasteiger partial charge in [-0.1, -0.05) is 30.3 Å². The minimum absolute atomic E-state index is 0.314. The van der Waals surface area contributed by atoms with E-state index >= 15 is 0 Å². The lowest BCUT2D eigenvalue weighted by atomic mass is 9.89. The van der Waals surface area contributed by atoms with Crippen molar-refractivity contribution in [3.05, 3.63) is 54.4 Å². The molecule has 4 nitrogen and oxygen atoms in total. The second-order valence-electron chi connectivity index (χ2n) is 6.73. The van der Waals surface area contributed by atoms with Crippen molar-refractivity contribution in [1.82, 2.24) is 14.9 Å². The summed E-state index contributed by atoms with van der Waals surface area (Å²) >= 11 is 0. The maximum absolute atomic E-state index is 10.6. The number of fused-ring (bicyclic) bond motifs is 1. The molecule has 0 spiro atoms. The molecule has 0 saturated carbocycles. The summed E-state index contributed by atoms with van der Waals surface area (Å²) < 4.78 is 2.02. The Hall–Kier alpha value is -2.17. The predicted octanol–water partition coefficient (Wildman–Crippen LogP) is 3.27. The van der Waals surface area contributed by atoms with Gasteiger partial charge in [-0.15, -0.1) is 0 Å². The summed E-state index contributed by atoms with van der Waals surface area (Å²) in [6.07, 6.45) is 3.69. The molecular weight excluding hydrogens is 298 g/mol. The van der Waals surface area contributed by atoms with Crippen molar-refractivity contribution < 1.29 is 5.11 Å². The SMILES string of the molecule is Cn1cnc2cc(-c3ccc(C(O)C4CCCNC4)cc3)ccc21. The number of imidazole rings is 1. The number of hydrogen-bond donors (Lipinski definition) is 2. The maximum Gasteiger partial charge on any atom is 0.0955 e. The second kappa shape index (κ2) is 6.38. The summed E-state index contributed by atoms with van der Waals surface area (Å²) in [5.74, 6) is 0.314. The van der Waals surface area contributed by atoms with Crippen LogP contribution in [-0.2, 0) is 7.05 Å². The Balaban J connectivity index is 1.57. The molecule has 0 aliphatic carbocycles. The summed E-state index contributed by atoms with van der Waals surface area (Å²) in [6.45, 7) is 1.97. The van der Waals surface area contributed by atoms with E-state index in [9.17, 15) is 5.11 Å². The highest BCUT2D eigenvalue weighted by molar-refractivity contribution is 5.82. The standard InChI is InChI=1S/C20H23N3O/c1-23-13-22-18-11-16(8-9-19(18)23)14-4-6-15(7-5-14)20(24)17-3-2-10-21-12-17/h4-9,11,13,17,20-21,24H,2-3,10,12H2,1H3. The minimum atomic E-state index is -0.384. The molecule has 0 amide bonds.